The van der Waals surface area contributed by atoms with Crippen molar-refractivity contribution >= 4 is 0 Å². The summed E-state index contributed by atoms with van der Waals surface area (Å²) < 4.78 is 12.9. The number of methoxy groups -OCH3 is 1. The van der Waals surface area contributed by atoms with E-state index in [1.54, 1.807) is 0 Å². The second-order valence-corrected chi connectivity index (χ2v) is 14.9. The van der Waals surface area contributed by atoms with E-state index in [4.69, 9.17) is 9.47 Å². The molecule has 6 fully saturated rings. The first-order valence-electron chi connectivity index (χ1n) is 14.3. The molecule has 1 heterocycles. The lowest BCUT2D eigenvalue weighted by Crippen LogP contribution is -2.57. The van der Waals surface area contributed by atoms with Crippen LogP contribution in [0, 0.1) is 50.7 Å². The molecule has 0 aromatic rings. The molecule has 1 saturated heterocycles. The summed E-state index contributed by atoms with van der Waals surface area (Å²) in [6, 6.07) is 0. The molecular formula is C30H50O3. The first-order chi connectivity index (χ1) is 15.5. The van der Waals surface area contributed by atoms with Gasteiger partial charge in [0.05, 0.1) is 24.4 Å². The van der Waals surface area contributed by atoms with E-state index in [2.05, 4.69) is 41.5 Å². The van der Waals surface area contributed by atoms with Gasteiger partial charge in [0.2, 0.25) is 0 Å². The number of rotatable bonds is 3. The highest BCUT2D eigenvalue weighted by Crippen LogP contribution is 2.89. The van der Waals surface area contributed by atoms with Crippen molar-refractivity contribution in [3.05, 3.63) is 0 Å². The monoisotopic (exact) mass is 458 g/mol. The maximum absolute atomic E-state index is 10.9. The van der Waals surface area contributed by atoms with Crippen molar-refractivity contribution in [1.29, 1.82) is 0 Å². The molecule has 5 aliphatic carbocycles. The summed E-state index contributed by atoms with van der Waals surface area (Å²) in [5.41, 5.74) is 1.98. The van der Waals surface area contributed by atoms with Crippen LogP contribution in [0.3, 0.4) is 0 Å². The Balaban J connectivity index is 1.30. The highest BCUT2D eigenvalue weighted by molar-refractivity contribution is 5.31. The van der Waals surface area contributed by atoms with Gasteiger partial charge in [0.25, 0.3) is 0 Å². The zero-order valence-corrected chi connectivity index (χ0v) is 22.5. The van der Waals surface area contributed by atoms with Gasteiger partial charge in [-0.15, -0.1) is 0 Å². The quantitative estimate of drug-likeness (QED) is 0.517. The van der Waals surface area contributed by atoms with E-state index in [9.17, 15) is 5.11 Å². The van der Waals surface area contributed by atoms with Crippen LogP contribution in [0.1, 0.15) is 106 Å². The third kappa shape index (κ3) is 2.64. The molecule has 1 aliphatic heterocycles. The molecular weight excluding hydrogens is 408 g/mol. The minimum atomic E-state index is -0.110. The second-order valence-electron chi connectivity index (χ2n) is 14.9. The van der Waals surface area contributed by atoms with Crippen LogP contribution in [0.2, 0.25) is 0 Å². The first-order valence-corrected chi connectivity index (χ1v) is 14.3. The summed E-state index contributed by atoms with van der Waals surface area (Å²) in [6.07, 6.45) is 13.8. The van der Waals surface area contributed by atoms with Crippen LogP contribution in [0.5, 0.6) is 0 Å². The van der Waals surface area contributed by atoms with Gasteiger partial charge >= 0.3 is 0 Å². The topological polar surface area (TPSA) is 38.7 Å². The molecule has 1 N–H and O–H groups in total. The van der Waals surface area contributed by atoms with E-state index >= 15 is 0 Å². The molecule has 0 aromatic heterocycles. The summed E-state index contributed by atoms with van der Waals surface area (Å²) in [6.45, 7) is 14.7. The molecule has 6 aliphatic rings. The summed E-state index contributed by atoms with van der Waals surface area (Å²) in [5.74, 6) is 2.79. The Bertz CT molecular complexity index is 806. The van der Waals surface area contributed by atoms with Crippen LogP contribution < -0.4 is 0 Å². The SMILES string of the molecule is COC(C(C)C)C1CCC2C(C[C@@]3(C)C4CCC5C(C)(C)C(O)CCC56CC46CCC23C)O1. The predicted octanol–water partition coefficient (Wildman–Crippen LogP) is 6.61. The lowest BCUT2D eigenvalue weighted by Gasteiger charge is -2.63. The first kappa shape index (κ1) is 23.3. The molecule has 0 aromatic carbocycles. The zero-order valence-electron chi connectivity index (χ0n) is 22.5. The largest absolute Gasteiger partial charge is 0.393 e. The summed E-state index contributed by atoms with van der Waals surface area (Å²) in [7, 11) is 1.87. The highest BCUT2D eigenvalue weighted by atomic mass is 16.5. The second kappa shape index (κ2) is 7.00. The van der Waals surface area contributed by atoms with Crippen molar-refractivity contribution in [2.45, 2.75) is 130 Å². The van der Waals surface area contributed by atoms with Crippen molar-refractivity contribution in [1.82, 2.24) is 0 Å². The number of aliphatic hydroxyl groups excluding tert-OH is 1. The van der Waals surface area contributed by atoms with Gasteiger partial charge in [-0.3, -0.25) is 0 Å². The minimum absolute atomic E-state index is 0.0837. The maximum Gasteiger partial charge on any atom is 0.0855 e. The minimum Gasteiger partial charge on any atom is -0.393 e. The molecule has 0 amide bonds. The Morgan fingerprint density at radius 2 is 1.55 bits per heavy atom. The fourth-order valence-electron chi connectivity index (χ4n) is 11.9. The summed E-state index contributed by atoms with van der Waals surface area (Å²) in [4.78, 5) is 0. The Morgan fingerprint density at radius 1 is 0.848 bits per heavy atom. The van der Waals surface area contributed by atoms with Crippen LogP contribution >= 0.6 is 0 Å². The van der Waals surface area contributed by atoms with E-state index in [-0.39, 0.29) is 23.7 Å². The van der Waals surface area contributed by atoms with Crippen molar-refractivity contribution in [3.8, 4) is 0 Å². The molecule has 188 valence electrons. The third-order valence-corrected chi connectivity index (χ3v) is 13.7. The molecule has 0 radical (unpaired) electrons. The Morgan fingerprint density at radius 3 is 2.24 bits per heavy atom. The fraction of sp³-hybridized carbons (Fsp3) is 1.00. The van der Waals surface area contributed by atoms with Gasteiger partial charge in [-0.25, -0.2) is 0 Å². The Labute approximate surface area is 202 Å². The zero-order chi connectivity index (χ0) is 23.6. The molecule has 6 rings (SSSR count). The molecule has 2 spiro atoms. The summed E-state index contributed by atoms with van der Waals surface area (Å²) >= 11 is 0. The fourth-order valence-corrected chi connectivity index (χ4v) is 11.9. The number of hydrogen-bond acceptors (Lipinski definition) is 3. The number of hydrogen-bond donors (Lipinski definition) is 1. The molecule has 3 nitrogen and oxygen atoms in total. The van der Waals surface area contributed by atoms with Crippen molar-refractivity contribution in [2.75, 3.05) is 7.11 Å². The van der Waals surface area contributed by atoms with Crippen molar-refractivity contribution in [2.24, 2.45) is 50.7 Å². The average molecular weight is 459 g/mol. The van der Waals surface area contributed by atoms with E-state index in [1.165, 1.54) is 51.4 Å². The van der Waals surface area contributed by atoms with Crippen molar-refractivity contribution in [3.63, 3.8) is 0 Å². The van der Waals surface area contributed by atoms with E-state index < -0.39 is 0 Å². The predicted molar refractivity (Wildman–Crippen MR) is 132 cm³/mol. The molecule has 33 heavy (non-hydrogen) atoms. The van der Waals surface area contributed by atoms with Gasteiger partial charge in [-0.05, 0) is 115 Å². The molecule has 3 heteroatoms. The van der Waals surface area contributed by atoms with E-state index in [1.807, 2.05) is 7.11 Å². The number of ether oxygens (including phenoxy) is 2. The summed E-state index contributed by atoms with van der Waals surface area (Å²) in [5, 5.41) is 10.9. The van der Waals surface area contributed by atoms with Gasteiger partial charge < -0.3 is 14.6 Å². The van der Waals surface area contributed by atoms with E-state index in [0.717, 1.165) is 30.6 Å². The Hall–Kier alpha value is -0.120. The van der Waals surface area contributed by atoms with Gasteiger partial charge in [-0.1, -0.05) is 41.5 Å². The molecule has 5 saturated carbocycles. The Kier molecular flexibility index (Phi) is 4.94. The van der Waals surface area contributed by atoms with Crippen LogP contribution in [-0.4, -0.2) is 36.6 Å². The number of fused-ring (bicyclic) bond motifs is 4. The van der Waals surface area contributed by atoms with Gasteiger partial charge in [0.15, 0.2) is 0 Å². The normalized spacial score (nSPS) is 57.4. The molecule has 10 unspecified atom stereocenters. The smallest absolute Gasteiger partial charge is 0.0855 e. The van der Waals surface area contributed by atoms with Crippen LogP contribution in [-0.2, 0) is 9.47 Å². The third-order valence-electron chi connectivity index (χ3n) is 13.7. The van der Waals surface area contributed by atoms with Crippen LogP contribution in [0.25, 0.3) is 0 Å². The van der Waals surface area contributed by atoms with Gasteiger partial charge in [-0.2, -0.15) is 0 Å². The lowest BCUT2D eigenvalue weighted by atomic mass is 9.42. The van der Waals surface area contributed by atoms with Crippen molar-refractivity contribution < 1.29 is 14.6 Å². The van der Waals surface area contributed by atoms with Gasteiger partial charge in [0, 0.05) is 7.11 Å². The highest BCUT2D eigenvalue weighted by Gasteiger charge is 2.82. The van der Waals surface area contributed by atoms with E-state index in [0.29, 0.717) is 33.7 Å². The lowest BCUT2D eigenvalue weighted by molar-refractivity contribution is -0.166. The molecule has 0 bridgehead atoms. The molecule has 11 atom stereocenters. The van der Waals surface area contributed by atoms with Crippen LogP contribution in [0.15, 0.2) is 0 Å². The average Bonchev–Trinajstić information content (AvgIpc) is 3.36. The maximum atomic E-state index is 10.9. The van der Waals surface area contributed by atoms with Crippen LogP contribution in [0.4, 0.5) is 0 Å². The van der Waals surface area contributed by atoms with Gasteiger partial charge in [0.1, 0.15) is 0 Å². The standard InChI is InChI=1S/C30H50O3/c1-18(2)25(32-7)20-9-8-19-21(33-20)16-28(6)23-11-10-22-26(3,4)24(31)12-13-29(22)17-30(23,29)15-14-27(19,28)5/h18-25,31H,8-17H2,1-7H3/t19?,20?,21?,22?,23?,24?,25?,27?,28-,29?,30?/m0/s1. The number of aliphatic hydroxyl groups is 1.